The second-order valence-corrected chi connectivity index (χ2v) is 8.58. The first-order chi connectivity index (χ1) is 14.1. The lowest BCUT2D eigenvalue weighted by Crippen LogP contribution is -2.56. The first-order valence-corrected chi connectivity index (χ1v) is 10.8. The van der Waals surface area contributed by atoms with Gasteiger partial charge in [-0.15, -0.1) is 0 Å². The van der Waals surface area contributed by atoms with E-state index in [0.29, 0.717) is 5.92 Å². The highest BCUT2D eigenvalue weighted by molar-refractivity contribution is 5.98. The van der Waals surface area contributed by atoms with Gasteiger partial charge in [0.25, 0.3) is 0 Å². The maximum atomic E-state index is 13.7. The fourth-order valence-corrected chi connectivity index (χ4v) is 5.32. The molecular formula is C22H29N5O2. The molecule has 4 aliphatic rings. The summed E-state index contributed by atoms with van der Waals surface area (Å²) in [6.07, 6.45) is 5.38. The predicted molar refractivity (Wildman–Crippen MR) is 111 cm³/mol. The lowest BCUT2D eigenvalue weighted by molar-refractivity contribution is -0.125. The molecule has 3 N–H and O–H groups in total. The number of nitrogens with zero attached hydrogens (tertiary/aromatic N) is 2. The lowest BCUT2D eigenvalue weighted by atomic mass is 9.90. The molecule has 1 aromatic carbocycles. The number of hydrazine groups is 1. The highest BCUT2D eigenvalue weighted by atomic mass is 16.2. The van der Waals surface area contributed by atoms with Crippen LogP contribution in [0.2, 0.25) is 0 Å². The van der Waals surface area contributed by atoms with Crippen molar-refractivity contribution in [2.24, 2.45) is 11.8 Å². The Bertz CT molecular complexity index is 847. The van der Waals surface area contributed by atoms with E-state index in [2.05, 4.69) is 27.1 Å². The van der Waals surface area contributed by atoms with Crippen LogP contribution < -0.4 is 21.0 Å². The lowest BCUT2D eigenvalue weighted by Gasteiger charge is -2.39. The van der Waals surface area contributed by atoms with Crippen molar-refractivity contribution in [3.8, 4) is 0 Å². The SMILES string of the molecule is CC1NN2C(C3CCNCC3)=CC(=O)NC2C1C(=O)N1CCCc2ccccc21. The van der Waals surface area contributed by atoms with Gasteiger partial charge < -0.3 is 15.5 Å². The van der Waals surface area contributed by atoms with Gasteiger partial charge >= 0.3 is 0 Å². The second kappa shape index (κ2) is 7.46. The Morgan fingerprint density at radius 3 is 2.79 bits per heavy atom. The van der Waals surface area contributed by atoms with Crippen LogP contribution in [0.5, 0.6) is 0 Å². The largest absolute Gasteiger partial charge is 0.330 e. The zero-order chi connectivity index (χ0) is 20.0. The van der Waals surface area contributed by atoms with Gasteiger partial charge in [-0.3, -0.25) is 14.6 Å². The maximum absolute atomic E-state index is 13.7. The van der Waals surface area contributed by atoms with Gasteiger partial charge in [-0.25, -0.2) is 5.43 Å². The van der Waals surface area contributed by atoms with Crippen LogP contribution in [0.4, 0.5) is 5.69 Å². The summed E-state index contributed by atoms with van der Waals surface area (Å²) < 4.78 is 0. The summed E-state index contributed by atoms with van der Waals surface area (Å²) in [6, 6.07) is 8.12. The molecule has 154 valence electrons. The van der Waals surface area contributed by atoms with E-state index in [1.165, 1.54) is 5.56 Å². The quantitative estimate of drug-likeness (QED) is 0.700. The van der Waals surface area contributed by atoms with Crippen molar-refractivity contribution in [3.63, 3.8) is 0 Å². The second-order valence-electron chi connectivity index (χ2n) is 8.58. The molecule has 0 aliphatic carbocycles. The van der Waals surface area contributed by atoms with Gasteiger partial charge in [0.2, 0.25) is 11.8 Å². The van der Waals surface area contributed by atoms with E-state index in [1.54, 1.807) is 6.08 Å². The van der Waals surface area contributed by atoms with Gasteiger partial charge in [0.1, 0.15) is 6.17 Å². The van der Waals surface area contributed by atoms with Gasteiger partial charge in [-0.05, 0) is 57.3 Å². The monoisotopic (exact) mass is 395 g/mol. The summed E-state index contributed by atoms with van der Waals surface area (Å²) >= 11 is 0. The van der Waals surface area contributed by atoms with Gasteiger partial charge in [-0.2, -0.15) is 0 Å². The number of rotatable bonds is 2. The van der Waals surface area contributed by atoms with Crippen LogP contribution in [0.15, 0.2) is 36.0 Å². The highest BCUT2D eigenvalue weighted by Gasteiger charge is 2.49. The minimum Gasteiger partial charge on any atom is -0.330 e. The van der Waals surface area contributed by atoms with E-state index in [9.17, 15) is 9.59 Å². The molecule has 2 fully saturated rings. The fourth-order valence-electron chi connectivity index (χ4n) is 5.32. The van der Waals surface area contributed by atoms with E-state index in [0.717, 1.165) is 56.7 Å². The normalized spacial score (nSPS) is 29.8. The van der Waals surface area contributed by atoms with Crippen LogP contribution in [0.1, 0.15) is 31.7 Å². The van der Waals surface area contributed by atoms with E-state index >= 15 is 0 Å². The molecule has 0 saturated carbocycles. The third kappa shape index (κ3) is 3.22. The smallest absolute Gasteiger partial charge is 0.247 e. The zero-order valence-electron chi connectivity index (χ0n) is 16.9. The number of carbonyl (C=O) groups excluding carboxylic acids is 2. The molecule has 3 unspecified atom stereocenters. The highest BCUT2D eigenvalue weighted by Crippen LogP contribution is 2.36. The van der Waals surface area contributed by atoms with Crippen LogP contribution >= 0.6 is 0 Å². The third-order valence-corrected chi connectivity index (χ3v) is 6.77. The Morgan fingerprint density at radius 1 is 1.17 bits per heavy atom. The van der Waals surface area contributed by atoms with E-state index < -0.39 is 0 Å². The Morgan fingerprint density at radius 2 is 1.97 bits per heavy atom. The molecule has 0 spiro atoms. The number of allylic oxidation sites excluding steroid dienone is 1. The minimum atomic E-state index is -0.339. The molecule has 0 bridgehead atoms. The third-order valence-electron chi connectivity index (χ3n) is 6.77. The zero-order valence-corrected chi connectivity index (χ0v) is 16.9. The molecule has 4 aliphatic heterocycles. The van der Waals surface area contributed by atoms with E-state index in [4.69, 9.17) is 0 Å². The van der Waals surface area contributed by atoms with Crippen molar-refractivity contribution < 1.29 is 9.59 Å². The molecule has 0 aromatic heterocycles. The number of hydrogen-bond acceptors (Lipinski definition) is 5. The summed E-state index contributed by atoms with van der Waals surface area (Å²) in [5, 5.41) is 8.51. The van der Waals surface area contributed by atoms with Crippen molar-refractivity contribution >= 4 is 17.5 Å². The van der Waals surface area contributed by atoms with Crippen LogP contribution in [-0.4, -0.2) is 48.7 Å². The molecule has 5 rings (SSSR count). The van der Waals surface area contributed by atoms with Gasteiger partial charge in [0.05, 0.1) is 5.92 Å². The molecule has 2 saturated heterocycles. The number of nitrogens with one attached hydrogen (secondary N) is 3. The van der Waals surface area contributed by atoms with Crippen LogP contribution in [0.25, 0.3) is 0 Å². The first-order valence-electron chi connectivity index (χ1n) is 10.8. The topological polar surface area (TPSA) is 76.7 Å². The number of carbonyl (C=O) groups is 2. The number of para-hydroxylation sites is 1. The van der Waals surface area contributed by atoms with Crippen molar-refractivity contribution in [1.82, 2.24) is 21.1 Å². The number of benzene rings is 1. The van der Waals surface area contributed by atoms with Crippen molar-refractivity contribution in [1.29, 1.82) is 0 Å². The number of aryl methyl sites for hydroxylation is 1. The average Bonchev–Trinajstić information content (AvgIpc) is 3.08. The molecule has 7 heteroatoms. The van der Waals surface area contributed by atoms with Crippen LogP contribution in [0, 0.1) is 11.8 Å². The van der Waals surface area contributed by atoms with Gasteiger partial charge in [-0.1, -0.05) is 18.2 Å². The molecule has 0 radical (unpaired) electrons. The van der Waals surface area contributed by atoms with Crippen LogP contribution in [0.3, 0.4) is 0 Å². The van der Waals surface area contributed by atoms with Crippen LogP contribution in [-0.2, 0) is 16.0 Å². The molecule has 2 amide bonds. The van der Waals surface area contributed by atoms with E-state index in [-0.39, 0.29) is 29.9 Å². The minimum absolute atomic E-state index is 0.0508. The predicted octanol–water partition coefficient (Wildman–Crippen LogP) is 1.13. The molecule has 29 heavy (non-hydrogen) atoms. The summed E-state index contributed by atoms with van der Waals surface area (Å²) in [6.45, 7) is 4.70. The Kier molecular flexibility index (Phi) is 4.80. The molecule has 1 aromatic rings. The Balaban J connectivity index is 1.43. The van der Waals surface area contributed by atoms with Crippen molar-refractivity contribution in [2.45, 2.75) is 44.8 Å². The standard InChI is InChI=1S/C22H29N5O2/c1-14-20(22(29)26-12-4-6-15-5-2-3-7-17(15)26)21-24-19(28)13-18(27(21)25-14)16-8-10-23-11-9-16/h2-3,5,7,13-14,16,20-21,23,25H,4,6,8-12H2,1H3,(H,24,28). The van der Waals surface area contributed by atoms with Gasteiger partial charge in [0, 0.05) is 36.0 Å². The first kappa shape index (κ1) is 18.6. The number of amides is 2. The Hall–Kier alpha value is -2.38. The molecule has 4 heterocycles. The van der Waals surface area contributed by atoms with Crippen molar-refractivity contribution in [2.75, 3.05) is 24.5 Å². The summed E-state index contributed by atoms with van der Waals surface area (Å²) in [4.78, 5) is 28.2. The number of hydrogen-bond donors (Lipinski definition) is 3. The number of fused-ring (bicyclic) bond motifs is 2. The Labute approximate surface area is 171 Å². The summed E-state index contributed by atoms with van der Waals surface area (Å²) in [7, 11) is 0. The number of anilines is 1. The van der Waals surface area contributed by atoms with Crippen molar-refractivity contribution in [3.05, 3.63) is 41.6 Å². The number of piperidine rings is 1. The average molecular weight is 396 g/mol. The molecule has 3 atom stereocenters. The van der Waals surface area contributed by atoms with Gasteiger partial charge in [0.15, 0.2) is 0 Å². The van der Waals surface area contributed by atoms with E-state index in [1.807, 2.05) is 30.0 Å². The summed E-state index contributed by atoms with van der Waals surface area (Å²) in [5.41, 5.74) is 6.78. The fraction of sp³-hybridized carbons (Fsp3) is 0.545. The molecule has 7 nitrogen and oxygen atoms in total. The maximum Gasteiger partial charge on any atom is 0.247 e. The molecular weight excluding hydrogens is 366 g/mol. The summed E-state index contributed by atoms with van der Waals surface area (Å²) in [5.74, 6) is 0.0219.